The van der Waals surface area contributed by atoms with Gasteiger partial charge in [0.15, 0.2) is 5.13 Å². The van der Waals surface area contributed by atoms with Gasteiger partial charge in [-0.1, -0.05) is 0 Å². The van der Waals surface area contributed by atoms with Crippen LogP contribution in [-0.2, 0) is 12.8 Å². The predicted molar refractivity (Wildman–Crippen MR) is 114 cm³/mol. The molecular weight excluding hydrogens is 424 g/mol. The molecule has 3 aromatic rings. The van der Waals surface area contributed by atoms with Crippen molar-refractivity contribution in [3.8, 4) is 17.0 Å². The van der Waals surface area contributed by atoms with Gasteiger partial charge < -0.3 is 4.74 Å². The van der Waals surface area contributed by atoms with Crippen LogP contribution in [0.5, 0.6) is 5.75 Å². The molecule has 4 rings (SSSR count). The molecule has 1 aliphatic carbocycles. The van der Waals surface area contributed by atoms with Gasteiger partial charge in [-0.2, -0.15) is 0 Å². The molecule has 2 aromatic carbocycles. The maximum atomic E-state index is 12.7. The number of non-ortho nitro benzene ring substituents is 2. The number of aromatic nitrogens is 1. The van der Waals surface area contributed by atoms with Crippen LogP contribution in [0.25, 0.3) is 11.3 Å². The molecule has 0 radical (unpaired) electrons. The molecule has 11 heteroatoms. The van der Waals surface area contributed by atoms with Crippen molar-refractivity contribution >= 4 is 33.8 Å². The number of nitro groups is 2. The van der Waals surface area contributed by atoms with Crippen molar-refractivity contribution in [2.45, 2.75) is 19.8 Å². The number of carbonyl (C=O) groups is 1. The molecule has 0 atom stereocenters. The summed E-state index contributed by atoms with van der Waals surface area (Å²) in [5.41, 5.74) is 2.57. The Labute approximate surface area is 179 Å². The Morgan fingerprint density at radius 3 is 2.39 bits per heavy atom. The second-order valence-electron chi connectivity index (χ2n) is 6.98. The summed E-state index contributed by atoms with van der Waals surface area (Å²) in [5, 5.41) is 25.1. The number of hydrogen-bond acceptors (Lipinski definition) is 8. The molecule has 0 fully saturated rings. The number of nitrogens with zero attached hydrogens (tertiary/aromatic N) is 3. The molecule has 0 bridgehead atoms. The van der Waals surface area contributed by atoms with Crippen molar-refractivity contribution in [1.29, 1.82) is 0 Å². The number of fused-ring (bicyclic) bond motifs is 3. The van der Waals surface area contributed by atoms with Crippen molar-refractivity contribution in [3.05, 3.63) is 72.1 Å². The van der Waals surface area contributed by atoms with E-state index in [9.17, 15) is 25.0 Å². The van der Waals surface area contributed by atoms with Crippen molar-refractivity contribution in [3.63, 3.8) is 0 Å². The van der Waals surface area contributed by atoms with Gasteiger partial charge in [-0.3, -0.25) is 30.3 Å². The van der Waals surface area contributed by atoms with Gasteiger partial charge in [0, 0.05) is 22.6 Å². The molecule has 0 spiro atoms. The molecule has 0 aliphatic heterocycles. The van der Waals surface area contributed by atoms with Crippen LogP contribution in [0.1, 0.15) is 26.4 Å². The Kier molecular flexibility index (Phi) is 5.11. The standard InChI is InChI=1S/C20H16N4O6S/c1-10-5-15-11(8-16(10)30-2)3-4-17-18(15)21-20(31-17)22-19(25)12-6-13(23(26)27)9-14(7-12)24(28)29/h5-9H,3-4H2,1-2H3,(H,21,22,25). The molecule has 0 unspecified atom stereocenters. The Balaban J connectivity index is 1.65. The maximum absolute atomic E-state index is 12.7. The quantitative estimate of drug-likeness (QED) is 0.461. The zero-order valence-corrected chi connectivity index (χ0v) is 17.3. The zero-order valence-electron chi connectivity index (χ0n) is 16.5. The van der Waals surface area contributed by atoms with E-state index in [0.717, 1.165) is 64.1 Å². The topological polar surface area (TPSA) is 138 Å². The van der Waals surface area contributed by atoms with Gasteiger partial charge in [0.2, 0.25) is 0 Å². The summed E-state index contributed by atoms with van der Waals surface area (Å²) in [7, 11) is 1.62. The minimum atomic E-state index is -0.778. The van der Waals surface area contributed by atoms with E-state index in [-0.39, 0.29) is 5.56 Å². The van der Waals surface area contributed by atoms with Gasteiger partial charge in [-0.25, -0.2) is 4.98 Å². The third kappa shape index (κ3) is 3.82. The molecular formula is C20H16N4O6S. The molecule has 1 N–H and O–H groups in total. The summed E-state index contributed by atoms with van der Waals surface area (Å²) >= 11 is 1.32. The van der Waals surface area contributed by atoms with E-state index < -0.39 is 27.1 Å². The van der Waals surface area contributed by atoms with Crippen LogP contribution in [0.3, 0.4) is 0 Å². The van der Waals surface area contributed by atoms with Crippen molar-refractivity contribution in [1.82, 2.24) is 4.98 Å². The summed E-state index contributed by atoms with van der Waals surface area (Å²) < 4.78 is 5.39. The largest absolute Gasteiger partial charge is 0.496 e. The maximum Gasteiger partial charge on any atom is 0.277 e. The van der Waals surface area contributed by atoms with E-state index in [2.05, 4.69) is 10.3 Å². The number of anilines is 1. The van der Waals surface area contributed by atoms with Crippen molar-refractivity contribution in [2.24, 2.45) is 0 Å². The van der Waals surface area contributed by atoms with E-state index >= 15 is 0 Å². The molecule has 1 heterocycles. The number of methoxy groups -OCH3 is 1. The number of benzene rings is 2. The van der Waals surface area contributed by atoms with Gasteiger partial charge in [0.25, 0.3) is 17.3 Å². The lowest BCUT2D eigenvalue weighted by molar-refractivity contribution is -0.394. The van der Waals surface area contributed by atoms with Gasteiger partial charge in [0.05, 0.1) is 34.3 Å². The normalized spacial score (nSPS) is 11.9. The lowest BCUT2D eigenvalue weighted by atomic mass is 9.91. The zero-order chi connectivity index (χ0) is 22.3. The number of nitrogens with one attached hydrogen (secondary N) is 1. The van der Waals surface area contributed by atoms with Gasteiger partial charge in [0.1, 0.15) is 5.75 Å². The highest BCUT2D eigenvalue weighted by molar-refractivity contribution is 7.16. The number of nitro benzene ring substituents is 2. The van der Waals surface area contributed by atoms with E-state index in [1.165, 1.54) is 11.3 Å². The number of rotatable bonds is 5. The molecule has 10 nitrogen and oxygen atoms in total. The summed E-state index contributed by atoms with van der Waals surface area (Å²) in [6.45, 7) is 1.94. The van der Waals surface area contributed by atoms with Crippen LogP contribution in [-0.4, -0.2) is 27.8 Å². The van der Waals surface area contributed by atoms with Crippen LogP contribution in [0, 0.1) is 27.2 Å². The fourth-order valence-electron chi connectivity index (χ4n) is 3.52. The van der Waals surface area contributed by atoms with E-state index in [1.54, 1.807) is 7.11 Å². The molecule has 31 heavy (non-hydrogen) atoms. The smallest absolute Gasteiger partial charge is 0.277 e. The highest BCUT2D eigenvalue weighted by atomic mass is 32.1. The molecule has 0 saturated carbocycles. The summed E-state index contributed by atoms with van der Waals surface area (Å²) in [6, 6.07) is 6.81. The van der Waals surface area contributed by atoms with Gasteiger partial charge in [-0.05, 0) is 43.0 Å². The number of ether oxygens (including phenoxy) is 1. The third-order valence-electron chi connectivity index (χ3n) is 5.00. The second-order valence-corrected chi connectivity index (χ2v) is 8.06. The van der Waals surface area contributed by atoms with Crippen LogP contribution in [0.4, 0.5) is 16.5 Å². The van der Waals surface area contributed by atoms with E-state index in [1.807, 2.05) is 19.1 Å². The first-order chi connectivity index (χ1) is 14.8. The number of aryl methyl sites for hydroxylation is 3. The Bertz CT molecular complexity index is 1220. The number of hydrogen-bond donors (Lipinski definition) is 1. The van der Waals surface area contributed by atoms with E-state index in [0.29, 0.717) is 5.13 Å². The minimum absolute atomic E-state index is 0.185. The minimum Gasteiger partial charge on any atom is -0.496 e. The van der Waals surface area contributed by atoms with Crippen LogP contribution in [0.15, 0.2) is 30.3 Å². The van der Waals surface area contributed by atoms with Crippen LogP contribution >= 0.6 is 11.3 Å². The summed E-state index contributed by atoms with van der Waals surface area (Å²) in [4.78, 5) is 38.8. The SMILES string of the molecule is COc1cc2c(cc1C)-c1nc(NC(=O)c3cc([N+](=O)[O-])cc([N+](=O)[O-])c3)sc1CC2. The average molecular weight is 440 g/mol. The van der Waals surface area contributed by atoms with Crippen molar-refractivity contribution < 1.29 is 19.4 Å². The Morgan fingerprint density at radius 1 is 1.10 bits per heavy atom. The first-order valence-electron chi connectivity index (χ1n) is 9.19. The number of carbonyl (C=O) groups excluding carboxylic acids is 1. The summed E-state index contributed by atoms with van der Waals surface area (Å²) in [5.74, 6) is 0.0993. The predicted octanol–water partition coefficient (Wildman–Crippen LogP) is 4.29. The monoisotopic (exact) mass is 440 g/mol. The number of thiazole rings is 1. The molecule has 1 aliphatic rings. The Morgan fingerprint density at radius 2 is 1.77 bits per heavy atom. The Hall–Kier alpha value is -3.86. The first-order valence-corrected chi connectivity index (χ1v) is 10.0. The lowest BCUT2D eigenvalue weighted by Gasteiger charge is -2.17. The van der Waals surface area contributed by atoms with E-state index in [4.69, 9.17) is 4.74 Å². The fraction of sp³-hybridized carbons (Fsp3) is 0.200. The second kappa shape index (κ2) is 7.76. The van der Waals surface area contributed by atoms with Crippen molar-refractivity contribution in [2.75, 3.05) is 12.4 Å². The van der Waals surface area contributed by atoms with Gasteiger partial charge >= 0.3 is 0 Å². The molecule has 158 valence electrons. The highest BCUT2D eigenvalue weighted by Gasteiger charge is 2.24. The lowest BCUT2D eigenvalue weighted by Crippen LogP contribution is -2.12. The molecule has 1 aromatic heterocycles. The first kappa shape index (κ1) is 20.4. The van der Waals surface area contributed by atoms with Crippen LogP contribution in [0.2, 0.25) is 0 Å². The average Bonchev–Trinajstić information content (AvgIpc) is 3.15. The molecule has 0 saturated heterocycles. The number of amides is 1. The third-order valence-corrected chi connectivity index (χ3v) is 6.03. The summed E-state index contributed by atoms with van der Waals surface area (Å²) in [6.07, 6.45) is 1.57. The van der Waals surface area contributed by atoms with Gasteiger partial charge in [-0.15, -0.1) is 11.3 Å². The highest BCUT2D eigenvalue weighted by Crippen LogP contribution is 2.40. The fourth-order valence-corrected chi connectivity index (χ4v) is 4.49. The molecule has 1 amide bonds. The van der Waals surface area contributed by atoms with Crippen LogP contribution < -0.4 is 10.1 Å².